The molecule has 0 saturated heterocycles. The lowest BCUT2D eigenvalue weighted by atomic mass is 9.95. The van der Waals surface area contributed by atoms with Crippen LogP contribution in [0.1, 0.15) is 50.2 Å². The molecule has 0 N–H and O–H groups in total. The molecule has 1 nitrogen and oxygen atoms in total. The van der Waals surface area contributed by atoms with Gasteiger partial charge in [-0.05, 0) is 34.6 Å². The van der Waals surface area contributed by atoms with Gasteiger partial charge in [-0.1, -0.05) is 45.0 Å². The summed E-state index contributed by atoms with van der Waals surface area (Å²) in [7, 11) is 0. The van der Waals surface area contributed by atoms with Crippen LogP contribution >= 0.6 is 11.6 Å². The van der Waals surface area contributed by atoms with Gasteiger partial charge in [0, 0.05) is 6.42 Å². The van der Waals surface area contributed by atoms with Gasteiger partial charge in [0.05, 0.1) is 0 Å². The molecule has 2 heteroatoms. The summed E-state index contributed by atoms with van der Waals surface area (Å²) in [6.07, 6.45) is 0.405. The van der Waals surface area contributed by atoms with E-state index in [0.29, 0.717) is 12.3 Å². The highest BCUT2D eigenvalue weighted by Crippen LogP contribution is 2.22. The van der Waals surface area contributed by atoms with Gasteiger partial charge in [-0.2, -0.15) is 0 Å². The number of benzene rings is 1. The molecule has 1 aromatic carbocycles. The number of carbonyl (C=O) groups is 1. The molecule has 0 radical (unpaired) electrons. The van der Waals surface area contributed by atoms with Crippen LogP contribution in [0.25, 0.3) is 0 Å². The maximum absolute atomic E-state index is 10.8. The molecular weight excluding hydrogens is 208 g/mol. The zero-order valence-corrected chi connectivity index (χ0v) is 10.2. The Morgan fingerprint density at radius 1 is 1.13 bits per heavy atom. The molecule has 1 atom stereocenters. The van der Waals surface area contributed by atoms with Crippen LogP contribution in [-0.4, -0.2) is 5.24 Å². The molecule has 1 rings (SSSR count). The molecule has 0 aliphatic carbocycles. The Morgan fingerprint density at radius 2 is 1.60 bits per heavy atom. The van der Waals surface area contributed by atoms with Crippen molar-refractivity contribution in [2.24, 2.45) is 0 Å². The van der Waals surface area contributed by atoms with E-state index in [9.17, 15) is 4.79 Å². The fourth-order valence-electron chi connectivity index (χ4n) is 1.57. The average Bonchev–Trinajstić information content (AvgIpc) is 2.17. The molecular formula is C13H17ClO. The average molecular weight is 225 g/mol. The van der Waals surface area contributed by atoms with Gasteiger partial charge in [0.25, 0.3) is 0 Å². The predicted molar refractivity (Wildman–Crippen MR) is 64.4 cm³/mol. The molecule has 0 bridgehead atoms. The monoisotopic (exact) mass is 224 g/mol. The van der Waals surface area contributed by atoms with Crippen LogP contribution in [-0.2, 0) is 4.79 Å². The van der Waals surface area contributed by atoms with Crippen molar-refractivity contribution in [3.63, 3.8) is 0 Å². The highest BCUT2D eigenvalue weighted by atomic mass is 35.5. The van der Waals surface area contributed by atoms with Crippen LogP contribution in [0.5, 0.6) is 0 Å². The Labute approximate surface area is 96.5 Å². The SMILES string of the molecule is CC(C)c1ccc(C(C)CC(=O)Cl)cc1. The number of carbonyl (C=O) groups excluding carboxylic acids is 1. The first-order valence-corrected chi connectivity index (χ1v) is 5.66. The van der Waals surface area contributed by atoms with Crippen LogP contribution < -0.4 is 0 Å². The minimum Gasteiger partial charge on any atom is -0.281 e. The first kappa shape index (κ1) is 12.3. The van der Waals surface area contributed by atoms with Crippen molar-refractivity contribution >= 4 is 16.8 Å². The maximum atomic E-state index is 10.8. The topological polar surface area (TPSA) is 17.1 Å². The van der Waals surface area contributed by atoms with Crippen molar-refractivity contribution in [1.29, 1.82) is 0 Å². The van der Waals surface area contributed by atoms with E-state index in [1.807, 2.05) is 6.92 Å². The maximum Gasteiger partial charge on any atom is 0.222 e. The van der Waals surface area contributed by atoms with Crippen molar-refractivity contribution in [2.75, 3.05) is 0 Å². The van der Waals surface area contributed by atoms with E-state index in [1.54, 1.807) is 0 Å². The van der Waals surface area contributed by atoms with Crippen LogP contribution in [0.15, 0.2) is 24.3 Å². The van der Waals surface area contributed by atoms with Crippen LogP contribution in [0.2, 0.25) is 0 Å². The van der Waals surface area contributed by atoms with Gasteiger partial charge in [-0.15, -0.1) is 0 Å². The number of rotatable bonds is 4. The zero-order valence-electron chi connectivity index (χ0n) is 9.46. The third kappa shape index (κ3) is 3.67. The minimum absolute atomic E-state index is 0.205. The third-order valence-electron chi connectivity index (χ3n) is 2.64. The molecule has 0 saturated carbocycles. The Kier molecular flexibility index (Phi) is 4.34. The summed E-state index contributed by atoms with van der Waals surface area (Å²) < 4.78 is 0. The number of halogens is 1. The molecule has 82 valence electrons. The van der Waals surface area contributed by atoms with Gasteiger partial charge in [0.15, 0.2) is 0 Å². The van der Waals surface area contributed by atoms with Crippen molar-refractivity contribution in [1.82, 2.24) is 0 Å². The van der Waals surface area contributed by atoms with Gasteiger partial charge in [0.1, 0.15) is 0 Å². The summed E-state index contributed by atoms with van der Waals surface area (Å²) in [4.78, 5) is 10.8. The normalized spacial score (nSPS) is 12.9. The second-order valence-corrected chi connectivity index (χ2v) is 4.70. The summed E-state index contributed by atoms with van der Waals surface area (Å²) in [6, 6.07) is 8.41. The summed E-state index contributed by atoms with van der Waals surface area (Å²) in [5.41, 5.74) is 2.50. The third-order valence-corrected chi connectivity index (χ3v) is 2.79. The molecule has 0 spiro atoms. The minimum atomic E-state index is -0.268. The number of hydrogen-bond acceptors (Lipinski definition) is 1. The van der Waals surface area contributed by atoms with Crippen LogP contribution in [0, 0.1) is 0 Å². The lowest BCUT2D eigenvalue weighted by molar-refractivity contribution is -0.111. The zero-order chi connectivity index (χ0) is 11.4. The lowest BCUT2D eigenvalue weighted by Crippen LogP contribution is -1.99. The van der Waals surface area contributed by atoms with Crippen molar-refractivity contribution in [2.45, 2.75) is 39.0 Å². The summed E-state index contributed by atoms with van der Waals surface area (Å²) >= 11 is 5.37. The molecule has 1 aromatic rings. The van der Waals surface area contributed by atoms with Crippen LogP contribution in [0.4, 0.5) is 0 Å². The van der Waals surface area contributed by atoms with E-state index in [0.717, 1.165) is 0 Å². The van der Waals surface area contributed by atoms with E-state index in [-0.39, 0.29) is 11.2 Å². The van der Waals surface area contributed by atoms with Gasteiger partial charge in [-0.3, -0.25) is 4.79 Å². The number of hydrogen-bond donors (Lipinski definition) is 0. The molecule has 0 fully saturated rings. The van der Waals surface area contributed by atoms with Crippen molar-refractivity contribution in [3.05, 3.63) is 35.4 Å². The molecule has 0 aliphatic rings. The Morgan fingerprint density at radius 3 is 2.00 bits per heavy atom. The van der Waals surface area contributed by atoms with E-state index in [4.69, 9.17) is 11.6 Å². The molecule has 0 aliphatic heterocycles. The second kappa shape index (κ2) is 5.32. The Bertz CT molecular complexity index is 327. The Balaban J connectivity index is 2.75. The summed E-state index contributed by atoms with van der Waals surface area (Å²) in [6.45, 7) is 6.35. The summed E-state index contributed by atoms with van der Waals surface area (Å²) in [5, 5.41) is -0.268. The molecule has 15 heavy (non-hydrogen) atoms. The van der Waals surface area contributed by atoms with Crippen molar-refractivity contribution < 1.29 is 4.79 Å². The predicted octanol–water partition coefficient (Wildman–Crippen LogP) is 4.07. The molecule has 1 unspecified atom stereocenters. The Hall–Kier alpha value is -0.820. The van der Waals surface area contributed by atoms with Crippen molar-refractivity contribution in [3.8, 4) is 0 Å². The first-order chi connectivity index (χ1) is 7.00. The van der Waals surface area contributed by atoms with E-state index in [2.05, 4.69) is 38.1 Å². The molecule has 0 aromatic heterocycles. The van der Waals surface area contributed by atoms with E-state index < -0.39 is 0 Å². The smallest absolute Gasteiger partial charge is 0.222 e. The fraction of sp³-hybridized carbons (Fsp3) is 0.462. The van der Waals surface area contributed by atoms with Crippen LogP contribution in [0.3, 0.4) is 0 Å². The molecule has 0 amide bonds. The van der Waals surface area contributed by atoms with Gasteiger partial charge in [0.2, 0.25) is 5.24 Å². The first-order valence-electron chi connectivity index (χ1n) is 5.29. The summed E-state index contributed by atoms with van der Waals surface area (Å²) in [5.74, 6) is 0.750. The van der Waals surface area contributed by atoms with Gasteiger partial charge >= 0.3 is 0 Å². The van der Waals surface area contributed by atoms with E-state index in [1.165, 1.54) is 11.1 Å². The van der Waals surface area contributed by atoms with Gasteiger partial charge in [-0.25, -0.2) is 0 Å². The fourth-order valence-corrected chi connectivity index (χ4v) is 1.80. The lowest BCUT2D eigenvalue weighted by Gasteiger charge is -2.11. The van der Waals surface area contributed by atoms with Gasteiger partial charge < -0.3 is 0 Å². The second-order valence-electron chi connectivity index (χ2n) is 4.28. The highest BCUT2D eigenvalue weighted by molar-refractivity contribution is 6.63. The quantitative estimate of drug-likeness (QED) is 0.705. The standard InChI is InChI=1S/C13H17ClO/c1-9(2)11-4-6-12(7-5-11)10(3)8-13(14)15/h4-7,9-10H,8H2,1-3H3. The van der Waals surface area contributed by atoms with E-state index >= 15 is 0 Å². The largest absolute Gasteiger partial charge is 0.281 e. The highest BCUT2D eigenvalue weighted by Gasteiger charge is 2.09. The molecule has 0 heterocycles.